The number of nitrogens with zero attached hydrogens (tertiary/aromatic N) is 3. The lowest BCUT2D eigenvalue weighted by molar-refractivity contribution is -0.115. The predicted octanol–water partition coefficient (Wildman–Crippen LogP) is 2.24. The molecule has 0 saturated carbocycles. The molecule has 0 atom stereocenters. The monoisotopic (exact) mass is 300 g/mol. The number of hydrogen-bond acceptors (Lipinski definition) is 3. The van der Waals surface area contributed by atoms with Crippen LogP contribution in [0.5, 0.6) is 0 Å². The van der Waals surface area contributed by atoms with E-state index in [4.69, 9.17) is 0 Å². The van der Waals surface area contributed by atoms with Gasteiger partial charge in [0.15, 0.2) is 5.82 Å². The number of aromatic nitrogens is 2. The highest BCUT2D eigenvalue weighted by molar-refractivity contribution is 5.91. The van der Waals surface area contributed by atoms with Crippen molar-refractivity contribution in [2.45, 2.75) is 26.8 Å². The summed E-state index contributed by atoms with van der Waals surface area (Å²) in [5, 5.41) is 7.22. The van der Waals surface area contributed by atoms with Crippen LogP contribution in [-0.4, -0.2) is 41.2 Å². The summed E-state index contributed by atoms with van der Waals surface area (Å²) in [5.41, 5.74) is 3.36. The standard InChI is InChI=1S/C17H24N4O/c1-13-5-6-14(2)15(11-13)12-17(22)18-16-7-8-21(19-16)10-9-20(3)4/h5-8,11H,9-10,12H2,1-4H3,(H,18,19,22). The summed E-state index contributed by atoms with van der Waals surface area (Å²) in [5.74, 6) is 0.570. The Bertz CT molecular complexity index is 646. The van der Waals surface area contributed by atoms with Crippen LogP contribution >= 0.6 is 0 Å². The van der Waals surface area contributed by atoms with Crippen molar-refractivity contribution in [3.8, 4) is 0 Å². The normalized spacial score (nSPS) is 11.0. The maximum Gasteiger partial charge on any atom is 0.230 e. The lowest BCUT2D eigenvalue weighted by atomic mass is 10.0. The Kier molecular flexibility index (Phi) is 5.33. The summed E-state index contributed by atoms with van der Waals surface area (Å²) < 4.78 is 1.84. The molecule has 0 aliphatic carbocycles. The van der Waals surface area contributed by atoms with Gasteiger partial charge in [-0.05, 0) is 39.1 Å². The van der Waals surface area contributed by atoms with Crippen molar-refractivity contribution in [1.29, 1.82) is 0 Å². The lowest BCUT2D eigenvalue weighted by Crippen LogP contribution is -2.19. The number of likely N-dealkylation sites (N-methyl/N-ethyl adjacent to an activating group) is 1. The van der Waals surface area contributed by atoms with Gasteiger partial charge in [-0.1, -0.05) is 23.8 Å². The highest BCUT2D eigenvalue weighted by Crippen LogP contribution is 2.12. The molecule has 0 saturated heterocycles. The molecule has 0 aliphatic heterocycles. The van der Waals surface area contributed by atoms with Crippen molar-refractivity contribution in [2.75, 3.05) is 26.0 Å². The first kappa shape index (κ1) is 16.2. The van der Waals surface area contributed by atoms with Gasteiger partial charge in [-0.25, -0.2) is 0 Å². The summed E-state index contributed by atoms with van der Waals surface area (Å²) >= 11 is 0. The zero-order valence-corrected chi connectivity index (χ0v) is 13.8. The van der Waals surface area contributed by atoms with Gasteiger partial charge < -0.3 is 10.2 Å². The number of rotatable bonds is 6. The van der Waals surface area contributed by atoms with E-state index >= 15 is 0 Å². The highest BCUT2D eigenvalue weighted by atomic mass is 16.1. The minimum absolute atomic E-state index is 0.0356. The molecule has 2 rings (SSSR count). The number of carbonyl (C=O) groups is 1. The summed E-state index contributed by atoms with van der Waals surface area (Å²) in [6.45, 7) is 5.78. The van der Waals surface area contributed by atoms with Gasteiger partial charge in [-0.2, -0.15) is 5.10 Å². The zero-order chi connectivity index (χ0) is 16.1. The lowest BCUT2D eigenvalue weighted by Gasteiger charge is -2.09. The maximum atomic E-state index is 12.2. The molecule has 0 unspecified atom stereocenters. The maximum absolute atomic E-state index is 12.2. The van der Waals surface area contributed by atoms with Crippen molar-refractivity contribution in [1.82, 2.24) is 14.7 Å². The summed E-state index contributed by atoms with van der Waals surface area (Å²) in [4.78, 5) is 14.2. The number of nitrogens with one attached hydrogen (secondary N) is 1. The van der Waals surface area contributed by atoms with Gasteiger partial charge in [0.1, 0.15) is 0 Å². The zero-order valence-electron chi connectivity index (χ0n) is 13.8. The fourth-order valence-corrected chi connectivity index (χ4v) is 2.21. The SMILES string of the molecule is Cc1ccc(C)c(CC(=O)Nc2ccn(CCN(C)C)n2)c1. The van der Waals surface area contributed by atoms with E-state index in [1.54, 1.807) is 0 Å². The summed E-state index contributed by atoms with van der Waals surface area (Å²) in [7, 11) is 4.05. The highest BCUT2D eigenvalue weighted by Gasteiger charge is 2.08. The second-order valence-electron chi connectivity index (χ2n) is 5.92. The first-order chi connectivity index (χ1) is 10.4. The Morgan fingerprint density at radius 1 is 1.27 bits per heavy atom. The van der Waals surface area contributed by atoms with Crippen LogP contribution in [0.2, 0.25) is 0 Å². The second-order valence-corrected chi connectivity index (χ2v) is 5.92. The van der Waals surface area contributed by atoms with Gasteiger partial charge in [-0.3, -0.25) is 9.48 Å². The average molecular weight is 300 g/mol. The molecule has 22 heavy (non-hydrogen) atoms. The van der Waals surface area contributed by atoms with Crippen molar-refractivity contribution >= 4 is 11.7 Å². The Labute approximate surface area is 131 Å². The van der Waals surface area contributed by atoms with E-state index in [9.17, 15) is 4.79 Å². The van der Waals surface area contributed by atoms with E-state index in [0.717, 1.165) is 24.2 Å². The van der Waals surface area contributed by atoms with Gasteiger partial charge in [-0.15, -0.1) is 0 Å². The molecule has 1 amide bonds. The van der Waals surface area contributed by atoms with Gasteiger partial charge in [0.25, 0.3) is 0 Å². The van der Waals surface area contributed by atoms with Crippen LogP contribution in [0.4, 0.5) is 5.82 Å². The van der Waals surface area contributed by atoms with Gasteiger partial charge >= 0.3 is 0 Å². The van der Waals surface area contributed by atoms with Crippen LogP contribution in [0.1, 0.15) is 16.7 Å². The Balaban J connectivity index is 1.93. The molecule has 0 spiro atoms. The molecule has 118 valence electrons. The summed E-state index contributed by atoms with van der Waals surface area (Å²) in [6, 6.07) is 8.00. The molecule has 0 aliphatic rings. The van der Waals surface area contributed by atoms with Crippen LogP contribution in [0.15, 0.2) is 30.5 Å². The van der Waals surface area contributed by atoms with Crippen LogP contribution in [-0.2, 0) is 17.8 Å². The van der Waals surface area contributed by atoms with Gasteiger partial charge in [0, 0.05) is 18.8 Å². The van der Waals surface area contributed by atoms with E-state index in [-0.39, 0.29) is 5.91 Å². The smallest absolute Gasteiger partial charge is 0.230 e. The van der Waals surface area contributed by atoms with Crippen molar-refractivity contribution in [2.24, 2.45) is 0 Å². The molecular weight excluding hydrogens is 276 g/mol. The van der Waals surface area contributed by atoms with E-state index in [1.807, 2.05) is 51.0 Å². The molecular formula is C17H24N4O. The number of aryl methyl sites for hydroxylation is 2. The van der Waals surface area contributed by atoms with Crippen molar-refractivity contribution in [3.05, 3.63) is 47.2 Å². The van der Waals surface area contributed by atoms with Crippen molar-refractivity contribution in [3.63, 3.8) is 0 Å². The number of carbonyl (C=O) groups excluding carboxylic acids is 1. The van der Waals surface area contributed by atoms with Crippen LogP contribution in [0.3, 0.4) is 0 Å². The first-order valence-corrected chi connectivity index (χ1v) is 7.48. The molecule has 1 aromatic heterocycles. The Hall–Kier alpha value is -2.14. The number of anilines is 1. The third-order valence-electron chi connectivity index (χ3n) is 3.54. The Morgan fingerprint density at radius 2 is 2.05 bits per heavy atom. The van der Waals surface area contributed by atoms with Crippen LogP contribution in [0.25, 0.3) is 0 Å². The van der Waals surface area contributed by atoms with Crippen molar-refractivity contribution < 1.29 is 4.79 Å². The quantitative estimate of drug-likeness (QED) is 0.890. The second kappa shape index (κ2) is 7.22. The van der Waals surface area contributed by atoms with Gasteiger partial charge in [0.05, 0.1) is 13.0 Å². The molecule has 1 heterocycles. The molecule has 1 N–H and O–H groups in total. The molecule has 0 bridgehead atoms. The number of hydrogen-bond donors (Lipinski definition) is 1. The van der Waals surface area contributed by atoms with E-state index < -0.39 is 0 Å². The fraction of sp³-hybridized carbons (Fsp3) is 0.412. The molecule has 0 fully saturated rings. The van der Waals surface area contributed by atoms with Gasteiger partial charge in [0.2, 0.25) is 5.91 Å². The Morgan fingerprint density at radius 3 is 2.77 bits per heavy atom. The number of benzene rings is 1. The largest absolute Gasteiger partial charge is 0.309 e. The molecule has 1 aromatic carbocycles. The summed E-state index contributed by atoms with van der Waals surface area (Å²) in [6.07, 6.45) is 2.26. The minimum Gasteiger partial charge on any atom is -0.309 e. The average Bonchev–Trinajstić information content (AvgIpc) is 2.88. The topological polar surface area (TPSA) is 50.2 Å². The van der Waals surface area contributed by atoms with E-state index in [0.29, 0.717) is 12.2 Å². The fourth-order valence-electron chi connectivity index (χ4n) is 2.21. The molecule has 5 heteroatoms. The molecule has 5 nitrogen and oxygen atoms in total. The van der Waals surface area contributed by atoms with Crippen LogP contribution in [0, 0.1) is 13.8 Å². The minimum atomic E-state index is -0.0356. The number of amides is 1. The predicted molar refractivity (Wildman–Crippen MR) is 89.0 cm³/mol. The third kappa shape index (κ3) is 4.70. The molecule has 2 aromatic rings. The first-order valence-electron chi connectivity index (χ1n) is 7.48. The van der Waals surface area contributed by atoms with E-state index in [1.165, 1.54) is 5.56 Å². The third-order valence-corrected chi connectivity index (χ3v) is 3.54. The van der Waals surface area contributed by atoms with Crippen LogP contribution < -0.4 is 5.32 Å². The van der Waals surface area contributed by atoms with E-state index in [2.05, 4.69) is 27.4 Å². The molecule has 0 radical (unpaired) electrons.